The number of methoxy groups -OCH3 is 1. The fourth-order valence-electron chi connectivity index (χ4n) is 2.83. The minimum atomic E-state index is -3.74. The lowest BCUT2D eigenvalue weighted by Crippen LogP contribution is -2.34. The molecule has 144 valence electrons. The second-order valence-corrected chi connectivity index (χ2v) is 8.16. The molecule has 0 atom stereocenters. The molecular formula is C19H23N3O4S. The number of rotatable bonds is 8. The summed E-state index contributed by atoms with van der Waals surface area (Å²) >= 11 is 0. The van der Waals surface area contributed by atoms with Gasteiger partial charge in [0.15, 0.2) is 0 Å². The van der Waals surface area contributed by atoms with E-state index >= 15 is 0 Å². The van der Waals surface area contributed by atoms with E-state index in [1.165, 1.54) is 24.3 Å². The van der Waals surface area contributed by atoms with E-state index < -0.39 is 10.0 Å². The molecule has 0 heterocycles. The van der Waals surface area contributed by atoms with Gasteiger partial charge in [-0.15, -0.1) is 0 Å². The number of benzene rings is 2. The van der Waals surface area contributed by atoms with Crippen molar-refractivity contribution < 1.29 is 17.9 Å². The second kappa shape index (κ2) is 8.08. The van der Waals surface area contributed by atoms with E-state index in [4.69, 9.17) is 9.88 Å². The summed E-state index contributed by atoms with van der Waals surface area (Å²) in [5.74, 6) is 0.663. The summed E-state index contributed by atoms with van der Waals surface area (Å²) in [6.07, 6.45) is 2.18. The van der Waals surface area contributed by atoms with Crippen LogP contribution in [0.25, 0.3) is 0 Å². The van der Waals surface area contributed by atoms with Crippen LogP contribution in [-0.4, -0.2) is 38.9 Å². The van der Waals surface area contributed by atoms with Gasteiger partial charge < -0.3 is 10.1 Å². The van der Waals surface area contributed by atoms with Crippen LogP contribution in [0, 0.1) is 0 Å². The van der Waals surface area contributed by atoms with Crippen LogP contribution < -0.4 is 15.2 Å². The molecule has 1 aliphatic rings. The summed E-state index contributed by atoms with van der Waals surface area (Å²) in [7, 11) is -2.11. The molecule has 8 heteroatoms. The van der Waals surface area contributed by atoms with Crippen LogP contribution in [0.3, 0.4) is 0 Å². The number of nitrogens with one attached hydrogen (secondary N) is 1. The van der Waals surface area contributed by atoms with Crippen LogP contribution in [-0.2, 0) is 21.4 Å². The average molecular weight is 389 g/mol. The molecule has 0 spiro atoms. The number of amides is 1. The Kier molecular flexibility index (Phi) is 5.79. The zero-order valence-electron chi connectivity index (χ0n) is 15.1. The highest BCUT2D eigenvalue weighted by Crippen LogP contribution is 2.28. The molecule has 27 heavy (non-hydrogen) atoms. The van der Waals surface area contributed by atoms with Gasteiger partial charge in [-0.2, -0.15) is 0 Å². The zero-order chi connectivity index (χ0) is 19.4. The number of nitrogens with two attached hydrogens (primary N) is 1. The van der Waals surface area contributed by atoms with E-state index in [0.717, 1.165) is 24.2 Å². The lowest BCUT2D eigenvalue weighted by molar-refractivity contribution is -0.117. The first-order valence-electron chi connectivity index (χ1n) is 8.65. The van der Waals surface area contributed by atoms with Gasteiger partial charge in [-0.25, -0.2) is 13.6 Å². The zero-order valence-corrected chi connectivity index (χ0v) is 15.9. The number of ether oxygens (including phenoxy) is 1. The molecule has 3 rings (SSSR count). The minimum absolute atomic E-state index is 0.0135. The molecule has 0 radical (unpaired) electrons. The van der Waals surface area contributed by atoms with E-state index in [9.17, 15) is 13.2 Å². The molecular weight excluding hydrogens is 366 g/mol. The van der Waals surface area contributed by atoms with Crippen LogP contribution in [0.1, 0.15) is 18.4 Å². The van der Waals surface area contributed by atoms with E-state index in [2.05, 4.69) is 10.2 Å². The Bertz CT molecular complexity index is 892. The van der Waals surface area contributed by atoms with Crippen LogP contribution >= 0.6 is 0 Å². The maximum Gasteiger partial charge on any atom is 0.238 e. The summed E-state index contributed by atoms with van der Waals surface area (Å²) in [5, 5.41) is 7.88. The molecule has 2 aromatic carbocycles. The second-order valence-electron chi connectivity index (χ2n) is 6.60. The maximum atomic E-state index is 12.4. The maximum absolute atomic E-state index is 12.4. The van der Waals surface area contributed by atoms with Crippen molar-refractivity contribution in [2.75, 3.05) is 19.0 Å². The Balaban J connectivity index is 1.60. The lowest BCUT2D eigenvalue weighted by Gasteiger charge is -2.21. The van der Waals surface area contributed by atoms with Crippen molar-refractivity contribution in [3.8, 4) is 5.75 Å². The fourth-order valence-corrected chi connectivity index (χ4v) is 3.35. The third kappa shape index (κ3) is 5.53. The van der Waals surface area contributed by atoms with Crippen LogP contribution in [0.15, 0.2) is 53.4 Å². The normalized spacial score (nSPS) is 14.2. The highest BCUT2D eigenvalue weighted by Gasteiger charge is 2.30. The Hall–Kier alpha value is -2.42. The van der Waals surface area contributed by atoms with E-state index in [0.29, 0.717) is 18.3 Å². The first-order valence-corrected chi connectivity index (χ1v) is 10.2. The van der Waals surface area contributed by atoms with Gasteiger partial charge in [-0.3, -0.25) is 9.69 Å². The molecule has 7 nitrogen and oxygen atoms in total. The van der Waals surface area contributed by atoms with E-state index in [1.807, 2.05) is 24.3 Å². The van der Waals surface area contributed by atoms with Crippen LogP contribution in [0.4, 0.5) is 5.69 Å². The predicted molar refractivity (Wildman–Crippen MR) is 103 cm³/mol. The molecule has 0 aliphatic heterocycles. The lowest BCUT2D eigenvalue weighted by atomic mass is 10.2. The molecule has 1 aliphatic carbocycles. The van der Waals surface area contributed by atoms with E-state index in [-0.39, 0.29) is 17.3 Å². The van der Waals surface area contributed by atoms with Gasteiger partial charge in [-0.05, 0) is 54.8 Å². The standard InChI is InChI=1S/C19H23N3O4S/c1-26-17-8-2-14(3-9-17)12-22(16-6-7-16)13-19(23)21-15-4-10-18(11-5-15)27(20,24)25/h2-5,8-11,16H,6-7,12-13H2,1H3,(H,21,23)(H2,20,24,25). The van der Waals surface area contributed by atoms with Gasteiger partial charge in [0.05, 0.1) is 18.6 Å². The molecule has 2 aromatic rings. The minimum Gasteiger partial charge on any atom is -0.497 e. The topological polar surface area (TPSA) is 102 Å². The Morgan fingerprint density at radius 3 is 2.30 bits per heavy atom. The molecule has 0 saturated heterocycles. The summed E-state index contributed by atoms with van der Waals surface area (Å²) in [4.78, 5) is 14.6. The fraction of sp³-hybridized carbons (Fsp3) is 0.316. The third-order valence-electron chi connectivity index (χ3n) is 4.42. The Labute approximate surface area is 159 Å². The van der Waals surface area contributed by atoms with Crippen molar-refractivity contribution in [1.29, 1.82) is 0 Å². The van der Waals surface area contributed by atoms with Gasteiger partial charge in [0, 0.05) is 18.3 Å². The van der Waals surface area contributed by atoms with Gasteiger partial charge in [0.25, 0.3) is 0 Å². The number of hydrogen-bond acceptors (Lipinski definition) is 5. The SMILES string of the molecule is COc1ccc(CN(CC(=O)Nc2ccc(S(N)(=O)=O)cc2)C2CC2)cc1. The number of hydrogen-bond donors (Lipinski definition) is 2. The van der Waals surface area contributed by atoms with E-state index in [1.54, 1.807) is 7.11 Å². The summed E-state index contributed by atoms with van der Waals surface area (Å²) in [6.45, 7) is 0.958. The van der Waals surface area contributed by atoms with Crippen molar-refractivity contribution >= 4 is 21.6 Å². The summed E-state index contributed by atoms with van der Waals surface area (Å²) < 4.78 is 27.7. The monoisotopic (exact) mass is 389 g/mol. The largest absolute Gasteiger partial charge is 0.497 e. The number of anilines is 1. The highest BCUT2D eigenvalue weighted by molar-refractivity contribution is 7.89. The highest BCUT2D eigenvalue weighted by atomic mass is 32.2. The molecule has 3 N–H and O–H groups in total. The number of carbonyl (C=O) groups excluding carboxylic acids is 1. The van der Waals surface area contributed by atoms with Crippen molar-refractivity contribution in [2.45, 2.75) is 30.3 Å². The molecule has 0 aromatic heterocycles. The first-order chi connectivity index (χ1) is 12.8. The first kappa shape index (κ1) is 19.3. The molecule has 0 bridgehead atoms. The quantitative estimate of drug-likeness (QED) is 0.718. The van der Waals surface area contributed by atoms with Crippen LogP contribution in [0.2, 0.25) is 0 Å². The number of nitrogens with zero attached hydrogens (tertiary/aromatic N) is 1. The number of sulfonamides is 1. The number of primary sulfonamides is 1. The molecule has 1 saturated carbocycles. The third-order valence-corrected chi connectivity index (χ3v) is 5.35. The molecule has 0 unspecified atom stereocenters. The molecule has 1 fully saturated rings. The van der Waals surface area contributed by atoms with Crippen molar-refractivity contribution in [1.82, 2.24) is 4.90 Å². The van der Waals surface area contributed by atoms with Gasteiger partial charge in [0.1, 0.15) is 5.75 Å². The van der Waals surface area contributed by atoms with Crippen molar-refractivity contribution in [3.05, 3.63) is 54.1 Å². The van der Waals surface area contributed by atoms with Crippen LogP contribution in [0.5, 0.6) is 5.75 Å². The van der Waals surface area contributed by atoms with Gasteiger partial charge >= 0.3 is 0 Å². The predicted octanol–water partition coefficient (Wildman–Crippen LogP) is 1.95. The summed E-state index contributed by atoms with van der Waals surface area (Å²) in [6, 6.07) is 14.0. The Morgan fingerprint density at radius 2 is 1.78 bits per heavy atom. The van der Waals surface area contributed by atoms with Crippen molar-refractivity contribution in [3.63, 3.8) is 0 Å². The van der Waals surface area contributed by atoms with Gasteiger partial charge in [0.2, 0.25) is 15.9 Å². The van der Waals surface area contributed by atoms with Gasteiger partial charge in [-0.1, -0.05) is 12.1 Å². The summed E-state index contributed by atoms with van der Waals surface area (Å²) in [5.41, 5.74) is 1.65. The smallest absolute Gasteiger partial charge is 0.238 e. The average Bonchev–Trinajstić information content (AvgIpc) is 3.46. The Morgan fingerprint density at radius 1 is 1.15 bits per heavy atom. The van der Waals surface area contributed by atoms with Crippen molar-refractivity contribution in [2.24, 2.45) is 5.14 Å². The molecule has 1 amide bonds. The number of carbonyl (C=O) groups is 1.